The highest BCUT2D eigenvalue weighted by atomic mass is 32.1. The first-order chi connectivity index (χ1) is 4.75. The van der Waals surface area contributed by atoms with E-state index in [9.17, 15) is 4.79 Å². The standard InChI is InChI=1S/C6H7NO2S/c1-7-5(8)4-2-3-10-6(4)9/h2-3,9H,1H3,(H,7,8). The lowest BCUT2D eigenvalue weighted by atomic mass is 10.3. The number of aromatic hydroxyl groups is 1. The Balaban J connectivity index is 2.93. The summed E-state index contributed by atoms with van der Waals surface area (Å²) in [6, 6.07) is 1.58. The van der Waals surface area contributed by atoms with Crippen molar-refractivity contribution >= 4 is 17.2 Å². The third kappa shape index (κ3) is 1.11. The molecular formula is C6H7NO2S. The number of amides is 1. The van der Waals surface area contributed by atoms with Crippen LogP contribution in [0.3, 0.4) is 0 Å². The van der Waals surface area contributed by atoms with Crippen LogP contribution < -0.4 is 5.32 Å². The Kier molecular flexibility index (Phi) is 1.91. The number of nitrogens with one attached hydrogen (secondary N) is 1. The van der Waals surface area contributed by atoms with Gasteiger partial charge in [-0.1, -0.05) is 0 Å². The minimum Gasteiger partial charge on any atom is -0.499 e. The summed E-state index contributed by atoms with van der Waals surface area (Å²) in [5.41, 5.74) is 0.340. The Morgan fingerprint density at radius 1 is 1.80 bits per heavy atom. The van der Waals surface area contributed by atoms with Gasteiger partial charge in [-0.15, -0.1) is 11.3 Å². The Labute approximate surface area is 62.3 Å². The fraction of sp³-hybridized carbons (Fsp3) is 0.167. The molecule has 3 nitrogen and oxygen atoms in total. The highest BCUT2D eigenvalue weighted by molar-refractivity contribution is 7.12. The molecule has 0 aliphatic rings. The molecule has 1 rings (SSSR count). The maximum atomic E-state index is 10.8. The largest absolute Gasteiger partial charge is 0.499 e. The van der Waals surface area contributed by atoms with Gasteiger partial charge in [0.05, 0.1) is 5.56 Å². The molecule has 0 fully saturated rings. The van der Waals surface area contributed by atoms with Crippen molar-refractivity contribution in [3.8, 4) is 5.06 Å². The van der Waals surface area contributed by atoms with Crippen molar-refractivity contribution in [3.05, 3.63) is 17.0 Å². The average Bonchev–Trinajstić information content (AvgIpc) is 2.34. The van der Waals surface area contributed by atoms with Crippen molar-refractivity contribution in [1.29, 1.82) is 0 Å². The van der Waals surface area contributed by atoms with E-state index in [0.29, 0.717) is 5.56 Å². The van der Waals surface area contributed by atoms with Gasteiger partial charge in [0.2, 0.25) is 0 Å². The number of carbonyl (C=O) groups excluding carboxylic acids is 1. The van der Waals surface area contributed by atoms with E-state index in [1.165, 1.54) is 7.05 Å². The van der Waals surface area contributed by atoms with E-state index >= 15 is 0 Å². The molecule has 10 heavy (non-hydrogen) atoms. The minimum absolute atomic E-state index is 0.0688. The number of thiophene rings is 1. The van der Waals surface area contributed by atoms with Crippen molar-refractivity contribution in [2.24, 2.45) is 0 Å². The van der Waals surface area contributed by atoms with Gasteiger partial charge in [-0.25, -0.2) is 0 Å². The highest BCUT2D eigenvalue weighted by Gasteiger charge is 2.08. The predicted octanol–water partition coefficient (Wildman–Crippen LogP) is 0.813. The second kappa shape index (κ2) is 2.70. The van der Waals surface area contributed by atoms with Gasteiger partial charge in [-0.2, -0.15) is 0 Å². The Morgan fingerprint density at radius 3 is 2.90 bits per heavy atom. The van der Waals surface area contributed by atoms with Crippen LogP contribution in [0.4, 0.5) is 0 Å². The topological polar surface area (TPSA) is 49.3 Å². The smallest absolute Gasteiger partial charge is 0.255 e. The van der Waals surface area contributed by atoms with Crippen LogP contribution in [0.1, 0.15) is 10.4 Å². The molecule has 54 valence electrons. The molecule has 1 aromatic heterocycles. The van der Waals surface area contributed by atoms with Gasteiger partial charge < -0.3 is 10.4 Å². The van der Waals surface area contributed by atoms with Crippen molar-refractivity contribution in [2.75, 3.05) is 7.05 Å². The van der Waals surface area contributed by atoms with Gasteiger partial charge in [-0.3, -0.25) is 4.79 Å². The molecule has 1 amide bonds. The summed E-state index contributed by atoms with van der Waals surface area (Å²) in [6.45, 7) is 0. The molecule has 0 atom stereocenters. The van der Waals surface area contributed by atoms with Gasteiger partial charge >= 0.3 is 0 Å². The first-order valence-electron chi connectivity index (χ1n) is 2.74. The van der Waals surface area contributed by atoms with E-state index in [1.54, 1.807) is 11.4 Å². The maximum Gasteiger partial charge on any atom is 0.255 e. The Bertz CT molecular complexity index is 244. The first kappa shape index (κ1) is 7.08. The van der Waals surface area contributed by atoms with Crippen molar-refractivity contribution in [1.82, 2.24) is 5.32 Å². The molecule has 0 unspecified atom stereocenters. The van der Waals surface area contributed by atoms with Crippen molar-refractivity contribution in [3.63, 3.8) is 0 Å². The van der Waals surface area contributed by atoms with Crippen molar-refractivity contribution < 1.29 is 9.90 Å². The van der Waals surface area contributed by atoms with Crippen LogP contribution in [-0.2, 0) is 0 Å². The van der Waals surface area contributed by atoms with Crippen LogP contribution in [0.5, 0.6) is 5.06 Å². The molecule has 0 aliphatic carbocycles. The minimum atomic E-state index is -0.251. The predicted molar refractivity (Wildman–Crippen MR) is 39.4 cm³/mol. The molecule has 1 aromatic rings. The molecule has 2 N–H and O–H groups in total. The van der Waals surface area contributed by atoms with Crippen LogP contribution >= 0.6 is 11.3 Å². The zero-order chi connectivity index (χ0) is 7.56. The van der Waals surface area contributed by atoms with E-state index < -0.39 is 0 Å². The van der Waals surface area contributed by atoms with E-state index in [4.69, 9.17) is 5.11 Å². The van der Waals surface area contributed by atoms with Gasteiger partial charge in [-0.05, 0) is 11.4 Å². The SMILES string of the molecule is CNC(=O)c1ccsc1O. The van der Waals surface area contributed by atoms with E-state index in [2.05, 4.69) is 5.32 Å². The Hall–Kier alpha value is -1.03. The number of carbonyl (C=O) groups is 1. The second-order valence-corrected chi connectivity index (χ2v) is 2.61. The third-order valence-corrected chi connectivity index (χ3v) is 1.83. The second-order valence-electron chi connectivity index (χ2n) is 1.72. The summed E-state index contributed by atoms with van der Waals surface area (Å²) in [7, 11) is 1.53. The number of rotatable bonds is 1. The lowest BCUT2D eigenvalue weighted by Gasteiger charge is -1.94. The molecule has 0 saturated heterocycles. The monoisotopic (exact) mass is 157 g/mol. The zero-order valence-corrected chi connectivity index (χ0v) is 6.23. The molecule has 1 heterocycles. The van der Waals surface area contributed by atoms with Crippen LogP contribution in [0.25, 0.3) is 0 Å². The van der Waals surface area contributed by atoms with E-state index in [1.807, 2.05) is 0 Å². The number of hydrogen-bond acceptors (Lipinski definition) is 3. The van der Waals surface area contributed by atoms with Crippen molar-refractivity contribution in [2.45, 2.75) is 0 Å². The molecule has 0 spiro atoms. The zero-order valence-electron chi connectivity index (χ0n) is 5.42. The quantitative estimate of drug-likeness (QED) is 0.634. The lowest BCUT2D eigenvalue weighted by Crippen LogP contribution is -2.16. The fourth-order valence-corrected chi connectivity index (χ4v) is 1.23. The van der Waals surface area contributed by atoms with Crippen LogP contribution in [-0.4, -0.2) is 18.1 Å². The molecule has 0 aromatic carbocycles. The fourth-order valence-electron chi connectivity index (χ4n) is 0.609. The third-order valence-electron chi connectivity index (χ3n) is 1.12. The summed E-state index contributed by atoms with van der Waals surface area (Å²) in [5, 5.41) is 13.2. The van der Waals surface area contributed by atoms with Gasteiger partial charge in [0.25, 0.3) is 5.91 Å². The van der Waals surface area contributed by atoms with E-state index in [0.717, 1.165) is 11.3 Å². The van der Waals surface area contributed by atoms with Crippen LogP contribution in [0, 0.1) is 0 Å². The maximum absolute atomic E-state index is 10.8. The summed E-state index contributed by atoms with van der Waals surface area (Å²) in [5.74, 6) is -0.251. The first-order valence-corrected chi connectivity index (χ1v) is 3.62. The molecule has 4 heteroatoms. The van der Waals surface area contributed by atoms with Crippen LogP contribution in [0.15, 0.2) is 11.4 Å². The summed E-state index contributed by atoms with van der Waals surface area (Å²) in [6.07, 6.45) is 0. The van der Waals surface area contributed by atoms with Crippen LogP contribution in [0.2, 0.25) is 0 Å². The molecule has 0 bridgehead atoms. The molecule has 0 radical (unpaired) electrons. The van der Waals surface area contributed by atoms with Gasteiger partial charge in [0, 0.05) is 7.05 Å². The normalized spacial score (nSPS) is 9.30. The Morgan fingerprint density at radius 2 is 2.50 bits per heavy atom. The molecule has 0 saturated carbocycles. The average molecular weight is 157 g/mol. The molecule has 0 aliphatic heterocycles. The summed E-state index contributed by atoms with van der Waals surface area (Å²) < 4.78 is 0. The number of hydrogen-bond donors (Lipinski definition) is 2. The lowest BCUT2D eigenvalue weighted by molar-refractivity contribution is 0.0961. The highest BCUT2D eigenvalue weighted by Crippen LogP contribution is 2.23. The summed E-state index contributed by atoms with van der Waals surface area (Å²) >= 11 is 1.14. The molecular weight excluding hydrogens is 150 g/mol. The van der Waals surface area contributed by atoms with Gasteiger partial charge in [0.1, 0.15) is 0 Å². The summed E-state index contributed by atoms with van der Waals surface area (Å²) in [4.78, 5) is 10.8. The van der Waals surface area contributed by atoms with E-state index in [-0.39, 0.29) is 11.0 Å². The van der Waals surface area contributed by atoms with Gasteiger partial charge in [0.15, 0.2) is 5.06 Å².